The van der Waals surface area contributed by atoms with Gasteiger partial charge in [0.1, 0.15) is 5.82 Å². The Balaban J connectivity index is 1.74. The summed E-state index contributed by atoms with van der Waals surface area (Å²) in [6.45, 7) is 1.83. The van der Waals surface area contributed by atoms with Crippen LogP contribution < -0.4 is 16.0 Å². The number of pyridine rings is 1. The van der Waals surface area contributed by atoms with E-state index < -0.39 is 0 Å². The second-order valence-electron chi connectivity index (χ2n) is 6.10. The van der Waals surface area contributed by atoms with Gasteiger partial charge in [0.05, 0.1) is 11.9 Å². The monoisotopic (exact) mass is 305 g/mol. The number of rotatable bonds is 6. The van der Waals surface area contributed by atoms with Crippen LogP contribution in [0.3, 0.4) is 0 Å². The van der Waals surface area contributed by atoms with Crippen molar-refractivity contribution in [3.8, 4) is 0 Å². The first-order valence-corrected chi connectivity index (χ1v) is 8.05. The molecule has 6 nitrogen and oxygen atoms in total. The highest BCUT2D eigenvalue weighted by Gasteiger charge is 2.15. The second kappa shape index (κ2) is 8.58. The Hall–Kier alpha value is -1.82. The number of hydrogen-bond acceptors (Lipinski definition) is 4. The standard InChI is InChI=1S/C16H27N5O/c1-21(2)11-10-17-14-8-9-15(18-12-14)20-16(22)19-13-6-4-3-5-7-13/h8-9,12-13,17H,3-7,10-11H2,1-2H3,(H2,18,19,20,22). The van der Waals surface area contributed by atoms with Crippen molar-refractivity contribution < 1.29 is 4.79 Å². The van der Waals surface area contributed by atoms with Crippen LogP contribution in [0.5, 0.6) is 0 Å². The maximum absolute atomic E-state index is 11.9. The summed E-state index contributed by atoms with van der Waals surface area (Å²) in [6.07, 6.45) is 7.59. The molecule has 2 rings (SSSR count). The lowest BCUT2D eigenvalue weighted by Gasteiger charge is -2.22. The molecule has 1 aliphatic carbocycles. The molecule has 1 aliphatic rings. The summed E-state index contributed by atoms with van der Waals surface area (Å²) in [5.74, 6) is 0.575. The molecule has 6 heteroatoms. The Morgan fingerprint density at radius 2 is 2.05 bits per heavy atom. The first-order valence-electron chi connectivity index (χ1n) is 8.05. The van der Waals surface area contributed by atoms with Gasteiger partial charge in [-0.3, -0.25) is 5.32 Å². The summed E-state index contributed by atoms with van der Waals surface area (Å²) in [6, 6.07) is 3.89. The van der Waals surface area contributed by atoms with E-state index in [0.29, 0.717) is 11.9 Å². The molecule has 0 unspecified atom stereocenters. The Morgan fingerprint density at radius 3 is 2.68 bits per heavy atom. The lowest BCUT2D eigenvalue weighted by Crippen LogP contribution is -2.39. The van der Waals surface area contributed by atoms with Gasteiger partial charge in [-0.1, -0.05) is 19.3 Å². The predicted molar refractivity (Wildman–Crippen MR) is 90.3 cm³/mol. The number of nitrogens with one attached hydrogen (secondary N) is 3. The van der Waals surface area contributed by atoms with Gasteiger partial charge in [-0.05, 0) is 39.1 Å². The van der Waals surface area contributed by atoms with Crippen LogP contribution in [-0.2, 0) is 0 Å². The average Bonchev–Trinajstić information content (AvgIpc) is 2.49. The maximum atomic E-state index is 11.9. The van der Waals surface area contributed by atoms with Gasteiger partial charge in [-0.15, -0.1) is 0 Å². The van der Waals surface area contributed by atoms with E-state index in [-0.39, 0.29) is 6.03 Å². The Labute approximate surface area is 132 Å². The number of urea groups is 1. The molecule has 122 valence electrons. The molecule has 2 amide bonds. The number of carbonyl (C=O) groups excluding carboxylic acids is 1. The van der Waals surface area contributed by atoms with Crippen LogP contribution in [0.2, 0.25) is 0 Å². The molecule has 1 saturated carbocycles. The summed E-state index contributed by atoms with van der Waals surface area (Å²) in [4.78, 5) is 18.3. The van der Waals surface area contributed by atoms with E-state index in [1.807, 2.05) is 26.2 Å². The molecule has 3 N–H and O–H groups in total. The van der Waals surface area contributed by atoms with Crippen LogP contribution in [0.15, 0.2) is 18.3 Å². The van der Waals surface area contributed by atoms with Crippen LogP contribution in [0.25, 0.3) is 0 Å². The first kappa shape index (κ1) is 16.5. The van der Waals surface area contributed by atoms with E-state index in [1.165, 1.54) is 19.3 Å². The molecule has 22 heavy (non-hydrogen) atoms. The molecule has 0 radical (unpaired) electrons. The topological polar surface area (TPSA) is 69.3 Å². The average molecular weight is 305 g/mol. The van der Waals surface area contributed by atoms with Crippen molar-refractivity contribution in [1.82, 2.24) is 15.2 Å². The molecule has 0 atom stereocenters. The van der Waals surface area contributed by atoms with E-state index in [9.17, 15) is 4.79 Å². The molecule has 0 aromatic carbocycles. The third kappa shape index (κ3) is 5.89. The van der Waals surface area contributed by atoms with E-state index in [4.69, 9.17) is 0 Å². The first-order chi connectivity index (χ1) is 10.6. The molecule has 0 saturated heterocycles. The highest BCUT2D eigenvalue weighted by Crippen LogP contribution is 2.17. The van der Waals surface area contributed by atoms with Crippen LogP contribution >= 0.6 is 0 Å². The molecule has 0 bridgehead atoms. The van der Waals surface area contributed by atoms with Crippen LogP contribution in [0.4, 0.5) is 16.3 Å². The minimum absolute atomic E-state index is 0.160. The van der Waals surface area contributed by atoms with Crippen LogP contribution in [0.1, 0.15) is 32.1 Å². The highest BCUT2D eigenvalue weighted by molar-refractivity contribution is 5.88. The summed E-state index contributed by atoms with van der Waals surface area (Å²) < 4.78 is 0. The number of aromatic nitrogens is 1. The Bertz CT molecular complexity index is 454. The van der Waals surface area contributed by atoms with E-state index in [2.05, 4.69) is 25.8 Å². The Morgan fingerprint density at radius 1 is 1.27 bits per heavy atom. The molecule has 1 aromatic heterocycles. The summed E-state index contributed by atoms with van der Waals surface area (Å²) in [5.41, 5.74) is 0.958. The maximum Gasteiger partial charge on any atom is 0.320 e. The quantitative estimate of drug-likeness (QED) is 0.755. The third-order valence-electron chi connectivity index (χ3n) is 3.83. The van der Waals surface area contributed by atoms with Crippen LogP contribution in [0, 0.1) is 0 Å². The fraction of sp³-hybridized carbons (Fsp3) is 0.625. The van der Waals surface area contributed by atoms with E-state index >= 15 is 0 Å². The fourth-order valence-electron chi connectivity index (χ4n) is 2.58. The zero-order valence-corrected chi connectivity index (χ0v) is 13.6. The van der Waals surface area contributed by atoms with Crippen LogP contribution in [-0.4, -0.2) is 49.1 Å². The lowest BCUT2D eigenvalue weighted by atomic mass is 9.96. The van der Waals surface area contributed by atoms with Gasteiger partial charge in [0.15, 0.2) is 0 Å². The molecule has 0 spiro atoms. The summed E-state index contributed by atoms with van der Waals surface area (Å²) >= 11 is 0. The van der Waals surface area contributed by atoms with Gasteiger partial charge in [-0.2, -0.15) is 0 Å². The van der Waals surface area contributed by atoms with Crippen molar-refractivity contribution in [2.75, 3.05) is 37.8 Å². The van der Waals surface area contributed by atoms with Gasteiger partial charge in [-0.25, -0.2) is 9.78 Å². The molecule has 0 aliphatic heterocycles. The lowest BCUT2D eigenvalue weighted by molar-refractivity contribution is 0.244. The van der Waals surface area contributed by atoms with Gasteiger partial charge < -0.3 is 15.5 Å². The molecule has 1 aromatic rings. The SMILES string of the molecule is CN(C)CCNc1ccc(NC(=O)NC2CCCCC2)nc1. The molecule has 1 fully saturated rings. The van der Waals surface area contributed by atoms with Crippen molar-refractivity contribution in [2.24, 2.45) is 0 Å². The third-order valence-corrected chi connectivity index (χ3v) is 3.83. The van der Waals surface area contributed by atoms with Gasteiger partial charge in [0, 0.05) is 19.1 Å². The summed E-state index contributed by atoms with van der Waals surface area (Å²) in [5, 5.41) is 9.10. The number of amides is 2. The zero-order valence-electron chi connectivity index (χ0n) is 13.6. The van der Waals surface area contributed by atoms with Gasteiger partial charge in [0.2, 0.25) is 0 Å². The highest BCUT2D eigenvalue weighted by atomic mass is 16.2. The van der Waals surface area contributed by atoms with Crippen molar-refractivity contribution in [2.45, 2.75) is 38.1 Å². The van der Waals surface area contributed by atoms with Crippen molar-refractivity contribution in [3.63, 3.8) is 0 Å². The van der Waals surface area contributed by atoms with Gasteiger partial charge in [0.25, 0.3) is 0 Å². The number of hydrogen-bond donors (Lipinski definition) is 3. The van der Waals surface area contributed by atoms with Crippen molar-refractivity contribution in [3.05, 3.63) is 18.3 Å². The zero-order chi connectivity index (χ0) is 15.8. The van der Waals surface area contributed by atoms with E-state index in [0.717, 1.165) is 31.6 Å². The smallest absolute Gasteiger partial charge is 0.320 e. The second-order valence-corrected chi connectivity index (χ2v) is 6.10. The molecular formula is C16H27N5O. The molecule has 1 heterocycles. The number of anilines is 2. The number of carbonyl (C=O) groups is 1. The van der Waals surface area contributed by atoms with E-state index in [1.54, 1.807) is 6.20 Å². The largest absolute Gasteiger partial charge is 0.383 e. The minimum atomic E-state index is -0.160. The normalized spacial score (nSPS) is 15.6. The predicted octanol–water partition coefficient (Wildman–Crippen LogP) is 2.51. The number of likely N-dealkylation sites (N-methyl/N-ethyl adjacent to an activating group) is 1. The molecular weight excluding hydrogens is 278 g/mol. The summed E-state index contributed by atoms with van der Waals surface area (Å²) in [7, 11) is 4.08. The van der Waals surface area contributed by atoms with Gasteiger partial charge >= 0.3 is 6.03 Å². The fourth-order valence-corrected chi connectivity index (χ4v) is 2.58. The minimum Gasteiger partial charge on any atom is -0.383 e. The van der Waals surface area contributed by atoms with Crippen molar-refractivity contribution >= 4 is 17.5 Å². The Kier molecular flexibility index (Phi) is 6.45. The van der Waals surface area contributed by atoms with Crippen molar-refractivity contribution in [1.29, 1.82) is 0 Å². The number of nitrogens with zero attached hydrogens (tertiary/aromatic N) is 2.